The van der Waals surface area contributed by atoms with Gasteiger partial charge < -0.3 is 4.98 Å². The highest BCUT2D eigenvalue weighted by Gasteiger charge is 2.01. The van der Waals surface area contributed by atoms with E-state index in [2.05, 4.69) is 54.0 Å². The molecule has 0 aliphatic rings. The summed E-state index contributed by atoms with van der Waals surface area (Å²) < 4.78 is 0. The fourth-order valence-electron chi connectivity index (χ4n) is 1.87. The number of aromatic nitrogens is 1. The number of hydrogen-bond acceptors (Lipinski definition) is 1. The molecular formula is C14H11NS. The van der Waals surface area contributed by atoms with Crippen LogP contribution in [0.4, 0.5) is 0 Å². The average Bonchev–Trinajstić information content (AvgIpc) is 2.73. The van der Waals surface area contributed by atoms with E-state index in [0.717, 1.165) is 10.6 Å². The van der Waals surface area contributed by atoms with Gasteiger partial charge in [-0.3, -0.25) is 0 Å². The van der Waals surface area contributed by atoms with Crippen molar-refractivity contribution >= 4 is 23.5 Å². The van der Waals surface area contributed by atoms with E-state index < -0.39 is 0 Å². The summed E-state index contributed by atoms with van der Waals surface area (Å²) in [5, 5.41) is 1.24. The molecule has 2 aromatic carbocycles. The van der Waals surface area contributed by atoms with Crippen LogP contribution in [0.25, 0.3) is 22.2 Å². The second kappa shape index (κ2) is 3.72. The topological polar surface area (TPSA) is 15.8 Å². The van der Waals surface area contributed by atoms with Gasteiger partial charge in [-0.25, -0.2) is 0 Å². The first-order valence-electron chi connectivity index (χ1n) is 5.20. The molecule has 2 heteroatoms. The zero-order chi connectivity index (χ0) is 11.0. The summed E-state index contributed by atoms with van der Waals surface area (Å²) >= 11 is 4.28. The molecule has 0 unspecified atom stereocenters. The highest BCUT2D eigenvalue weighted by molar-refractivity contribution is 7.80. The lowest BCUT2D eigenvalue weighted by atomic mass is 10.1. The molecule has 0 fully saturated rings. The molecule has 0 aliphatic carbocycles. The maximum atomic E-state index is 4.28. The number of nitrogens with one attached hydrogen (secondary N) is 1. The first kappa shape index (κ1) is 9.55. The summed E-state index contributed by atoms with van der Waals surface area (Å²) in [7, 11) is 0. The van der Waals surface area contributed by atoms with Gasteiger partial charge in [0.05, 0.1) is 0 Å². The lowest BCUT2D eigenvalue weighted by molar-refractivity contribution is 1.42. The smallest absolute Gasteiger partial charge is 0.0464 e. The van der Waals surface area contributed by atoms with Crippen molar-refractivity contribution in [1.29, 1.82) is 0 Å². The minimum absolute atomic E-state index is 0.986. The lowest BCUT2D eigenvalue weighted by Gasteiger charge is -1.97. The maximum absolute atomic E-state index is 4.28. The van der Waals surface area contributed by atoms with Crippen molar-refractivity contribution in [2.24, 2.45) is 0 Å². The Hall–Kier alpha value is -1.67. The summed E-state index contributed by atoms with van der Waals surface area (Å²) in [4.78, 5) is 4.39. The minimum atomic E-state index is 0.986. The molecule has 0 atom stereocenters. The van der Waals surface area contributed by atoms with Gasteiger partial charge in [-0.1, -0.05) is 30.3 Å². The van der Waals surface area contributed by atoms with Crippen molar-refractivity contribution < 1.29 is 0 Å². The van der Waals surface area contributed by atoms with Crippen molar-refractivity contribution in [2.45, 2.75) is 4.90 Å². The average molecular weight is 225 g/mol. The molecule has 78 valence electrons. The van der Waals surface area contributed by atoms with E-state index in [1.54, 1.807) is 0 Å². The fourth-order valence-corrected chi connectivity index (χ4v) is 2.02. The highest BCUT2D eigenvalue weighted by atomic mass is 32.1. The number of para-hydroxylation sites is 1. The van der Waals surface area contributed by atoms with E-state index in [1.807, 2.05) is 18.2 Å². The van der Waals surface area contributed by atoms with E-state index in [4.69, 9.17) is 0 Å². The van der Waals surface area contributed by atoms with E-state index in [9.17, 15) is 0 Å². The molecule has 0 saturated heterocycles. The molecule has 3 aromatic rings. The second-order valence-corrected chi connectivity index (χ2v) is 4.33. The molecule has 0 radical (unpaired) electrons. The van der Waals surface area contributed by atoms with Gasteiger partial charge >= 0.3 is 0 Å². The molecule has 0 bridgehead atoms. The SMILES string of the molecule is Sc1ccc(-c2cc3ccccc3[nH]2)cc1. The quantitative estimate of drug-likeness (QED) is 0.579. The van der Waals surface area contributed by atoms with Crippen LogP contribution in [0.3, 0.4) is 0 Å². The molecule has 0 aliphatic heterocycles. The lowest BCUT2D eigenvalue weighted by Crippen LogP contribution is -1.75. The monoisotopic (exact) mass is 225 g/mol. The van der Waals surface area contributed by atoms with Crippen molar-refractivity contribution in [3.63, 3.8) is 0 Å². The fraction of sp³-hybridized carbons (Fsp3) is 0. The van der Waals surface area contributed by atoms with E-state index in [-0.39, 0.29) is 0 Å². The Morgan fingerprint density at radius 1 is 0.875 bits per heavy atom. The van der Waals surface area contributed by atoms with Gasteiger partial charge in [0.1, 0.15) is 0 Å². The van der Waals surface area contributed by atoms with Gasteiger partial charge in [0, 0.05) is 21.5 Å². The number of fused-ring (bicyclic) bond motifs is 1. The molecule has 0 amide bonds. The summed E-state index contributed by atoms with van der Waals surface area (Å²) in [5.74, 6) is 0. The van der Waals surface area contributed by atoms with Gasteiger partial charge in [0.15, 0.2) is 0 Å². The van der Waals surface area contributed by atoms with Crippen LogP contribution in [0.5, 0.6) is 0 Å². The predicted molar refractivity (Wildman–Crippen MR) is 71.0 cm³/mol. The molecule has 1 N–H and O–H groups in total. The molecule has 1 nitrogen and oxygen atoms in total. The Balaban J connectivity index is 2.15. The van der Waals surface area contributed by atoms with Crippen LogP contribution in [0.15, 0.2) is 59.5 Å². The molecule has 16 heavy (non-hydrogen) atoms. The molecule has 1 heterocycles. The van der Waals surface area contributed by atoms with Gasteiger partial charge in [-0.15, -0.1) is 12.6 Å². The summed E-state index contributed by atoms with van der Waals surface area (Å²) in [6, 6.07) is 18.6. The Labute approximate surface area is 99.5 Å². The highest BCUT2D eigenvalue weighted by Crippen LogP contribution is 2.24. The van der Waals surface area contributed by atoms with Crippen LogP contribution in [0.1, 0.15) is 0 Å². The van der Waals surface area contributed by atoms with Crippen LogP contribution in [-0.4, -0.2) is 4.98 Å². The normalized spacial score (nSPS) is 10.8. The number of H-pyrrole nitrogens is 1. The first-order valence-corrected chi connectivity index (χ1v) is 5.65. The third kappa shape index (κ3) is 1.61. The summed E-state index contributed by atoms with van der Waals surface area (Å²) in [6.07, 6.45) is 0. The zero-order valence-corrected chi connectivity index (χ0v) is 9.54. The van der Waals surface area contributed by atoms with Crippen molar-refractivity contribution in [1.82, 2.24) is 4.98 Å². The van der Waals surface area contributed by atoms with Gasteiger partial charge in [0.25, 0.3) is 0 Å². The van der Waals surface area contributed by atoms with Gasteiger partial charge in [-0.05, 0) is 29.8 Å². The van der Waals surface area contributed by atoms with Crippen LogP contribution in [-0.2, 0) is 0 Å². The van der Waals surface area contributed by atoms with Gasteiger partial charge in [-0.2, -0.15) is 0 Å². The first-order chi connectivity index (χ1) is 7.83. The Morgan fingerprint density at radius 3 is 2.38 bits per heavy atom. The number of rotatable bonds is 1. The number of aromatic amines is 1. The maximum Gasteiger partial charge on any atom is 0.0464 e. The summed E-state index contributed by atoms with van der Waals surface area (Å²) in [6.45, 7) is 0. The molecule has 1 aromatic heterocycles. The number of benzene rings is 2. The third-order valence-corrected chi connectivity index (χ3v) is 3.01. The molecule has 0 saturated carbocycles. The number of hydrogen-bond donors (Lipinski definition) is 2. The van der Waals surface area contributed by atoms with Crippen LogP contribution >= 0.6 is 12.6 Å². The molecule has 3 rings (SSSR count). The largest absolute Gasteiger partial charge is 0.355 e. The second-order valence-electron chi connectivity index (χ2n) is 3.82. The zero-order valence-electron chi connectivity index (χ0n) is 8.64. The Kier molecular flexibility index (Phi) is 2.22. The third-order valence-electron chi connectivity index (χ3n) is 2.71. The molecular weight excluding hydrogens is 214 g/mol. The number of thiol groups is 1. The van der Waals surface area contributed by atoms with Crippen molar-refractivity contribution in [3.8, 4) is 11.3 Å². The van der Waals surface area contributed by atoms with Crippen LogP contribution in [0, 0.1) is 0 Å². The molecule has 0 spiro atoms. The van der Waals surface area contributed by atoms with Crippen LogP contribution in [0.2, 0.25) is 0 Å². The van der Waals surface area contributed by atoms with Gasteiger partial charge in [0.2, 0.25) is 0 Å². The van der Waals surface area contributed by atoms with E-state index >= 15 is 0 Å². The predicted octanol–water partition coefficient (Wildman–Crippen LogP) is 4.12. The minimum Gasteiger partial charge on any atom is -0.355 e. The van der Waals surface area contributed by atoms with E-state index in [1.165, 1.54) is 16.5 Å². The summed E-state index contributed by atoms with van der Waals surface area (Å²) in [5.41, 5.74) is 3.51. The van der Waals surface area contributed by atoms with E-state index in [0.29, 0.717) is 0 Å². The van der Waals surface area contributed by atoms with Crippen molar-refractivity contribution in [3.05, 3.63) is 54.6 Å². The Bertz CT molecular complexity index is 590. The van der Waals surface area contributed by atoms with Crippen molar-refractivity contribution in [2.75, 3.05) is 0 Å². The van der Waals surface area contributed by atoms with Crippen LogP contribution < -0.4 is 0 Å². The standard InChI is InChI=1S/C14H11NS/c16-12-7-5-10(6-8-12)14-9-11-3-1-2-4-13(11)15-14/h1-9,15-16H. The Morgan fingerprint density at radius 2 is 1.62 bits per heavy atom.